The van der Waals surface area contributed by atoms with E-state index >= 15 is 0 Å². The lowest BCUT2D eigenvalue weighted by Gasteiger charge is -2.17. The van der Waals surface area contributed by atoms with Crippen molar-refractivity contribution in [3.63, 3.8) is 0 Å². The van der Waals surface area contributed by atoms with Crippen LogP contribution in [-0.4, -0.2) is 40.5 Å². The largest absolute Gasteiger partial charge is 0.867 e. The first kappa shape index (κ1) is 18.7. The van der Waals surface area contributed by atoms with Gasteiger partial charge in [-0.3, -0.25) is 5.10 Å². The minimum Gasteiger partial charge on any atom is -0.867 e. The summed E-state index contributed by atoms with van der Waals surface area (Å²) in [6.45, 7) is 2.01. The van der Waals surface area contributed by atoms with Crippen molar-refractivity contribution < 1.29 is 24.5 Å². The van der Waals surface area contributed by atoms with Gasteiger partial charge in [0.05, 0.1) is 14.2 Å². The molecule has 2 N–H and O–H groups in total. The monoisotopic (exact) mass is 364 g/mol. The SMILES string of the molecule is CCCc1nc(S/C(=C/c2cc(OC)c([O-])c(OC)c2)C(=O)O)n[nH]1. The summed E-state index contributed by atoms with van der Waals surface area (Å²) >= 11 is 0.918. The highest BCUT2D eigenvalue weighted by Crippen LogP contribution is 2.36. The standard InChI is InChI=1S/C16H19N3O5S/c1-4-5-13-17-16(19-18-13)25-12(15(21)22)8-9-6-10(23-2)14(20)11(7-9)24-3/h6-8,20H,4-5H2,1-3H3,(H,21,22)(H,17,18,19)/p-1/b12-8+. The number of nitrogens with zero attached hydrogens (tertiary/aromatic N) is 2. The Bertz CT molecular complexity index is 763. The lowest BCUT2D eigenvalue weighted by molar-refractivity contribution is -0.271. The number of aliphatic carboxylic acids is 1. The Hall–Kier alpha value is -2.68. The Kier molecular flexibility index (Phi) is 6.29. The van der Waals surface area contributed by atoms with Crippen LogP contribution in [0.1, 0.15) is 24.7 Å². The molecule has 25 heavy (non-hydrogen) atoms. The Morgan fingerprint density at radius 2 is 2.00 bits per heavy atom. The fourth-order valence-corrected chi connectivity index (χ4v) is 2.77. The van der Waals surface area contributed by atoms with E-state index in [0.29, 0.717) is 16.5 Å². The number of benzene rings is 1. The highest BCUT2D eigenvalue weighted by atomic mass is 32.2. The van der Waals surface area contributed by atoms with Crippen molar-refractivity contribution in [3.8, 4) is 17.2 Å². The minimum absolute atomic E-state index is 0.00445. The van der Waals surface area contributed by atoms with Gasteiger partial charge in [-0.25, -0.2) is 9.78 Å². The molecular weight excluding hydrogens is 346 g/mol. The number of nitrogens with one attached hydrogen (secondary N) is 1. The predicted molar refractivity (Wildman–Crippen MR) is 90.8 cm³/mol. The van der Waals surface area contributed by atoms with Gasteiger partial charge in [-0.15, -0.1) is 5.10 Å². The summed E-state index contributed by atoms with van der Waals surface area (Å²) in [6.07, 6.45) is 3.05. The van der Waals surface area contributed by atoms with E-state index in [1.54, 1.807) is 0 Å². The number of thioether (sulfide) groups is 1. The molecule has 2 aromatic rings. The Balaban J connectivity index is 2.34. The number of methoxy groups -OCH3 is 2. The normalized spacial score (nSPS) is 11.4. The molecule has 0 amide bonds. The third-order valence-electron chi connectivity index (χ3n) is 3.19. The molecule has 9 heteroatoms. The molecule has 0 fully saturated rings. The van der Waals surface area contributed by atoms with Crippen LogP contribution in [0.5, 0.6) is 17.2 Å². The predicted octanol–water partition coefficient (Wildman–Crippen LogP) is 2.07. The van der Waals surface area contributed by atoms with Crippen molar-refractivity contribution in [1.82, 2.24) is 15.2 Å². The fourth-order valence-electron chi connectivity index (χ4n) is 2.04. The van der Waals surface area contributed by atoms with Crippen LogP contribution in [0, 0.1) is 0 Å². The molecular formula is C16H18N3O5S-. The third-order valence-corrected chi connectivity index (χ3v) is 4.07. The quantitative estimate of drug-likeness (QED) is 0.539. The maximum atomic E-state index is 11.9. The summed E-state index contributed by atoms with van der Waals surface area (Å²) in [7, 11) is 2.72. The van der Waals surface area contributed by atoms with E-state index in [2.05, 4.69) is 15.2 Å². The molecule has 0 spiro atoms. The van der Waals surface area contributed by atoms with Crippen LogP contribution in [-0.2, 0) is 11.2 Å². The summed E-state index contributed by atoms with van der Waals surface area (Å²) in [5.74, 6) is -0.679. The van der Waals surface area contributed by atoms with Gasteiger partial charge in [0, 0.05) is 6.42 Å². The zero-order chi connectivity index (χ0) is 18.4. The number of hydrogen-bond acceptors (Lipinski definition) is 7. The van der Waals surface area contributed by atoms with E-state index in [9.17, 15) is 15.0 Å². The van der Waals surface area contributed by atoms with Gasteiger partial charge in [0.2, 0.25) is 5.16 Å². The molecule has 0 atom stereocenters. The molecule has 1 heterocycles. The lowest BCUT2D eigenvalue weighted by atomic mass is 10.1. The van der Waals surface area contributed by atoms with E-state index in [1.165, 1.54) is 32.4 Å². The van der Waals surface area contributed by atoms with E-state index < -0.39 is 11.7 Å². The average molecular weight is 364 g/mol. The number of carboxylic acids is 1. The van der Waals surface area contributed by atoms with Gasteiger partial charge >= 0.3 is 5.97 Å². The molecule has 2 rings (SSSR count). The number of ether oxygens (including phenoxy) is 2. The van der Waals surface area contributed by atoms with E-state index in [4.69, 9.17) is 9.47 Å². The zero-order valence-corrected chi connectivity index (χ0v) is 14.8. The van der Waals surface area contributed by atoms with Crippen molar-refractivity contribution in [1.29, 1.82) is 0 Å². The minimum atomic E-state index is -1.13. The van der Waals surface area contributed by atoms with Crippen molar-refractivity contribution in [2.45, 2.75) is 24.9 Å². The summed E-state index contributed by atoms with van der Waals surface area (Å²) in [6, 6.07) is 2.91. The van der Waals surface area contributed by atoms with E-state index in [1.807, 2.05) is 6.92 Å². The molecule has 0 bridgehead atoms. The van der Waals surface area contributed by atoms with Crippen molar-refractivity contribution in [2.24, 2.45) is 0 Å². The van der Waals surface area contributed by atoms with Gasteiger partial charge in [0.25, 0.3) is 0 Å². The first-order chi connectivity index (χ1) is 12.0. The van der Waals surface area contributed by atoms with Gasteiger partial charge in [-0.2, -0.15) is 0 Å². The van der Waals surface area contributed by atoms with Crippen LogP contribution >= 0.6 is 11.8 Å². The second-order valence-corrected chi connectivity index (χ2v) is 5.99. The molecule has 0 saturated carbocycles. The summed E-state index contributed by atoms with van der Waals surface area (Å²) in [4.78, 5) is 15.8. The highest BCUT2D eigenvalue weighted by Gasteiger charge is 2.14. The Morgan fingerprint density at radius 1 is 1.36 bits per heavy atom. The van der Waals surface area contributed by atoms with Crippen LogP contribution in [0.4, 0.5) is 0 Å². The molecule has 134 valence electrons. The topological polar surface area (TPSA) is 120 Å². The maximum Gasteiger partial charge on any atom is 0.342 e. The molecule has 1 aromatic carbocycles. The molecule has 1 aromatic heterocycles. The zero-order valence-electron chi connectivity index (χ0n) is 14.0. The van der Waals surface area contributed by atoms with Crippen LogP contribution in [0.2, 0.25) is 0 Å². The number of carboxylic acid groups (broad SMARTS) is 1. The van der Waals surface area contributed by atoms with Gasteiger partial charge < -0.3 is 19.7 Å². The number of aryl methyl sites for hydroxylation is 1. The van der Waals surface area contributed by atoms with Crippen LogP contribution < -0.4 is 14.6 Å². The molecule has 0 aliphatic heterocycles. The Labute approximate surface area is 148 Å². The van der Waals surface area contributed by atoms with Crippen molar-refractivity contribution in [3.05, 3.63) is 28.4 Å². The second-order valence-electron chi connectivity index (χ2n) is 4.99. The van der Waals surface area contributed by atoms with Crippen molar-refractivity contribution >= 4 is 23.8 Å². The van der Waals surface area contributed by atoms with E-state index in [0.717, 1.165) is 24.6 Å². The number of aromatic nitrogens is 3. The average Bonchev–Trinajstić information content (AvgIpc) is 3.03. The number of rotatable bonds is 8. The number of H-pyrrole nitrogens is 1. The Morgan fingerprint density at radius 3 is 2.52 bits per heavy atom. The molecule has 8 nitrogen and oxygen atoms in total. The summed E-state index contributed by atoms with van der Waals surface area (Å²) < 4.78 is 10.0. The summed E-state index contributed by atoms with van der Waals surface area (Å²) in [5, 5.41) is 28.5. The second kappa shape index (κ2) is 8.43. The van der Waals surface area contributed by atoms with Gasteiger partial charge in [-0.1, -0.05) is 6.92 Å². The molecule has 0 unspecified atom stereocenters. The molecule has 0 aliphatic rings. The first-order valence-electron chi connectivity index (χ1n) is 7.45. The van der Waals surface area contributed by atoms with Gasteiger partial charge in [0.15, 0.2) is 0 Å². The van der Waals surface area contributed by atoms with E-state index in [-0.39, 0.29) is 16.4 Å². The number of hydrogen-bond donors (Lipinski definition) is 2. The van der Waals surface area contributed by atoms with Crippen molar-refractivity contribution in [2.75, 3.05) is 14.2 Å². The fraction of sp³-hybridized carbons (Fsp3) is 0.312. The van der Waals surface area contributed by atoms with Crippen LogP contribution in [0.15, 0.2) is 22.2 Å². The van der Waals surface area contributed by atoms with Crippen LogP contribution in [0.3, 0.4) is 0 Å². The smallest absolute Gasteiger partial charge is 0.342 e. The third kappa shape index (κ3) is 4.66. The molecule has 0 aliphatic carbocycles. The highest BCUT2D eigenvalue weighted by molar-refractivity contribution is 8.04. The molecule has 0 radical (unpaired) electrons. The number of carbonyl (C=O) groups is 1. The molecule has 0 saturated heterocycles. The lowest BCUT2D eigenvalue weighted by Crippen LogP contribution is -2.01. The van der Waals surface area contributed by atoms with Gasteiger partial charge in [-0.05, 0) is 47.7 Å². The summed E-state index contributed by atoms with van der Waals surface area (Å²) in [5.41, 5.74) is 0.461. The first-order valence-corrected chi connectivity index (χ1v) is 8.27. The van der Waals surface area contributed by atoms with Gasteiger partial charge in [0.1, 0.15) is 22.2 Å². The number of aromatic amines is 1. The maximum absolute atomic E-state index is 11.9. The van der Waals surface area contributed by atoms with Crippen LogP contribution in [0.25, 0.3) is 6.08 Å².